The number of carbonyl (C=O) groups is 2. The van der Waals surface area contributed by atoms with E-state index in [1.807, 2.05) is 72.8 Å². The third kappa shape index (κ3) is 4.15. The summed E-state index contributed by atoms with van der Waals surface area (Å²) < 4.78 is 5.20. The quantitative estimate of drug-likeness (QED) is 0.695. The molecule has 1 N–H and O–H groups in total. The number of amides is 1. The highest BCUT2D eigenvalue weighted by atomic mass is 16.5. The summed E-state index contributed by atoms with van der Waals surface area (Å²) in [5.41, 5.74) is 4.62. The van der Waals surface area contributed by atoms with Gasteiger partial charge in [-0.15, -0.1) is 0 Å². The van der Waals surface area contributed by atoms with Crippen molar-refractivity contribution in [1.82, 2.24) is 5.32 Å². The Morgan fingerprint density at radius 3 is 2.13 bits per heavy atom. The minimum atomic E-state index is -1.29. The topological polar surface area (TPSA) is 78.5 Å². The maximum absolute atomic E-state index is 12.9. The zero-order chi connectivity index (χ0) is 20.9. The summed E-state index contributed by atoms with van der Waals surface area (Å²) >= 11 is 0. The van der Waals surface area contributed by atoms with E-state index in [1.54, 1.807) is 18.2 Å². The molecule has 0 bridgehead atoms. The number of hydrogen-bond donors (Lipinski definition) is 1. The van der Waals surface area contributed by atoms with Gasteiger partial charge >= 0.3 is 0 Å². The summed E-state index contributed by atoms with van der Waals surface area (Å²) in [6.07, 6.45) is 1.85. The van der Waals surface area contributed by atoms with Crippen LogP contribution in [0, 0.1) is 0 Å². The van der Waals surface area contributed by atoms with Gasteiger partial charge in [-0.25, -0.2) is 0 Å². The van der Waals surface area contributed by atoms with Crippen LogP contribution >= 0.6 is 0 Å². The van der Waals surface area contributed by atoms with E-state index in [-0.39, 0.29) is 5.91 Å². The molecule has 0 saturated carbocycles. The van der Waals surface area contributed by atoms with Crippen LogP contribution in [0.25, 0.3) is 17.2 Å². The SMILES string of the molecule is O=C([O-])COc1cccc(C=C2NC(=O)C(c3ccccc3)=C2c2ccccc2)c1. The van der Waals surface area contributed by atoms with Crippen molar-refractivity contribution in [1.29, 1.82) is 0 Å². The predicted octanol–water partition coefficient (Wildman–Crippen LogP) is 2.90. The summed E-state index contributed by atoms with van der Waals surface area (Å²) in [4.78, 5) is 23.5. The van der Waals surface area contributed by atoms with Gasteiger partial charge in [0.1, 0.15) is 12.4 Å². The van der Waals surface area contributed by atoms with Crippen LogP contribution in [-0.4, -0.2) is 18.5 Å². The number of hydrogen-bond acceptors (Lipinski definition) is 4. The highest BCUT2D eigenvalue weighted by Gasteiger charge is 2.29. The smallest absolute Gasteiger partial charge is 0.256 e. The van der Waals surface area contributed by atoms with Crippen LogP contribution in [-0.2, 0) is 9.59 Å². The number of benzene rings is 3. The molecule has 0 saturated heterocycles. The van der Waals surface area contributed by atoms with Gasteiger partial charge in [-0.05, 0) is 34.9 Å². The summed E-state index contributed by atoms with van der Waals surface area (Å²) in [5, 5.41) is 13.6. The maximum atomic E-state index is 12.9. The first-order valence-electron chi connectivity index (χ1n) is 9.43. The average molecular weight is 396 g/mol. The second-order valence-electron chi connectivity index (χ2n) is 6.73. The second kappa shape index (κ2) is 8.49. The Balaban J connectivity index is 1.80. The zero-order valence-corrected chi connectivity index (χ0v) is 16.0. The molecule has 4 rings (SSSR count). The Kier molecular flexibility index (Phi) is 5.44. The number of nitrogens with one attached hydrogen (secondary N) is 1. The third-order valence-electron chi connectivity index (χ3n) is 4.65. The minimum absolute atomic E-state index is 0.171. The Labute approximate surface area is 173 Å². The summed E-state index contributed by atoms with van der Waals surface area (Å²) in [5.74, 6) is -1.05. The van der Waals surface area contributed by atoms with Crippen LogP contribution in [0.2, 0.25) is 0 Å². The molecular formula is C25H18NO4-. The molecule has 1 aliphatic rings. The number of rotatable bonds is 6. The van der Waals surface area contributed by atoms with Gasteiger partial charge in [0.2, 0.25) is 0 Å². The summed E-state index contributed by atoms with van der Waals surface area (Å²) in [6, 6.07) is 26.3. The largest absolute Gasteiger partial charge is 0.546 e. The molecule has 0 unspecified atom stereocenters. The number of allylic oxidation sites excluding steroid dienone is 1. The molecule has 3 aromatic carbocycles. The molecule has 0 fully saturated rings. The van der Waals surface area contributed by atoms with Crippen LogP contribution < -0.4 is 15.2 Å². The maximum Gasteiger partial charge on any atom is 0.256 e. The molecule has 1 aliphatic heterocycles. The molecule has 3 aromatic rings. The molecule has 148 valence electrons. The monoisotopic (exact) mass is 396 g/mol. The highest BCUT2D eigenvalue weighted by Crippen LogP contribution is 2.37. The number of carboxylic acids is 1. The van der Waals surface area contributed by atoms with Crippen LogP contribution in [0.3, 0.4) is 0 Å². The van der Waals surface area contributed by atoms with E-state index in [9.17, 15) is 14.7 Å². The van der Waals surface area contributed by atoms with Crippen molar-refractivity contribution in [3.05, 3.63) is 107 Å². The van der Waals surface area contributed by atoms with Crippen molar-refractivity contribution in [2.75, 3.05) is 6.61 Å². The van der Waals surface area contributed by atoms with E-state index >= 15 is 0 Å². The van der Waals surface area contributed by atoms with Crippen molar-refractivity contribution >= 4 is 29.1 Å². The lowest BCUT2D eigenvalue weighted by molar-refractivity contribution is -0.307. The fourth-order valence-electron chi connectivity index (χ4n) is 3.39. The summed E-state index contributed by atoms with van der Waals surface area (Å²) in [6.45, 7) is -0.524. The third-order valence-corrected chi connectivity index (χ3v) is 4.65. The number of aliphatic carboxylic acids is 1. The van der Waals surface area contributed by atoms with Gasteiger partial charge < -0.3 is 20.0 Å². The van der Waals surface area contributed by atoms with Gasteiger partial charge in [0.25, 0.3) is 5.91 Å². The van der Waals surface area contributed by atoms with E-state index in [1.165, 1.54) is 0 Å². The fraction of sp³-hybridized carbons (Fsp3) is 0.0400. The molecule has 1 amide bonds. The molecule has 0 aromatic heterocycles. The van der Waals surface area contributed by atoms with Gasteiger partial charge in [-0.2, -0.15) is 0 Å². The van der Waals surface area contributed by atoms with Crippen molar-refractivity contribution in [2.45, 2.75) is 0 Å². The lowest BCUT2D eigenvalue weighted by Crippen LogP contribution is -2.28. The minimum Gasteiger partial charge on any atom is -0.546 e. The van der Waals surface area contributed by atoms with E-state index in [4.69, 9.17) is 4.74 Å². The first-order valence-corrected chi connectivity index (χ1v) is 9.43. The van der Waals surface area contributed by atoms with Crippen molar-refractivity contribution in [3.8, 4) is 5.75 Å². The fourth-order valence-corrected chi connectivity index (χ4v) is 3.39. The van der Waals surface area contributed by atoms with Gasteiger partial charge in [0, 0.05) is 5.57 Å². The Bertz CT molecular complexity index is 1150. The van der Waals surface area contributed by atoms with E-state index < -0.39 is 12.6 Å². The molecule has 5 nitrogen and oxygen atoms in total. The molecule has 30 heavy (non-hydrogen) atoms. The molecule has 0 radical (unpaired) electrons. The lowest BCUT2D eigenvalue weighted by atomic mass is 9.94. The zero-order valence-electron chi connectivity index (χ0n) is 16.0. The standard InChI is InChI=1S/C25H19NO4/c27-22(28)16-30-20-13-7-8-17(14-20)15-21-23(18-9-3-1-4-10-18)24(25(29)26-21)19-11-5-2-6-12-19/h1-15H,16H2,(H,26,29)(H,27,28)/p-1. The molecular weight excluding hydrogens is 378 g/mol. The molecule has 1 heterocycles. The number of carboxylic acid groups (broad SMARTS) is 1. The first kappa shape index (κ1) is 19.2. The molecule has 0 aliphatic carbocycles. The van der Waals surface area contributed by atoms with Crippen LogP contribution in [0.5, 0.6) is 5.75 Å². The van der Waals surface area contributed by atoms with Crippen LogP contribution in [0.15, 0.2) is 90.6 Å². The average Bonchev–Trinajstić information content (AvgIpc) is 3.09. The van der Waals surface area contributed by atoms with E-state index in [2.05, 4.69) is 5.32 Å². The Morgan fingerprint density at radius 2 is 1.50 bits per heavy atom. The van der Waals surface area contributed by atoms with E-state index in [0.29, 0.717) is 17.0 Å². The Morgan fingerprint density at radius 1 is 0.867 bits per heavy atom. The first-order chi connectivity index (χ1) is 14.6. The molecule has 0 atom stereocenters. The summed E-state index contributed by atoms with van der Waals surface area (Å²) in [7, 11) is 0. The number of ether oxygens (including phenoxy) is 1. The van der Waals surface area contributed by atoms with Gasteiger partial charge in [0.05, 0.1) is 17.2 Å². The normalized spacial score (nSPS) is 14.7. The van der Waals surface area contributed by atoms with E-state index in [0.717, 1.165) is 22.3 Å². The van der Waals surface area contributed by atoms with Gasteiger partial charge in [-0.1, -0.05) is 72.8 Å². The van der Waals surface area contributed by atoms with Gasteiger partial charge in [-0.3, -0.25) is 4.79 Å². The van der Waals surface area contributed by atoms with Crippen molar-refractivity contribution in [3.63, 3.8) is 0 Å². The highest BCUT2D eigenvalue weighted by molar-refractivity contribution is 6.34. The van der Waals surface area contributed by atoms with Crippen molar-refractivity contribution < 1.29 is 19.4 Å². The van der Waals surface area contributed by atoms with Gasteiger partial charge in [0.15, 0.2) is 0 Å². The second-order valence-corrected chi connectivity index (χ2v) is 6.73. The lowest BCUT2D eigenvalue weighted by Gasteiger charge is -2.09. The van der Waals surface area contributed by atoms with Crippen molar-refractivity contribution in [2.24, 2.45) is 0 Å². The molecule has 0 spiro atoms. The predicted molar refractivity (Wildman–Crippen MR) is 113 cm³/mol. The molecule has 5 heteroatoms. The number of carbonyl (C=O) groups excluding carboxylic acids is 2. The van der Waals surface area contributed by atoms with Crippen LogP contribution in [0.4, 0.5) is 0 Å². The van der Waals surface area contributed by atoms with Crippen LogP contribution in [0.1, 0.15) is 16.7 Å². The Hall–Kier alpha value is -4.12.